The molecule has 0 unspecified atom stereocenters. The third-order valence-electron chi connectivity index (χ3n) is 11.5. The van der Waals surface area contributed by atoms with E-state index in [1.54, 1.807) is 27.7 Å². The number of benzene rings is 5. The minimum Gasteiger partial charge on any atom is -0.459 e. The number of Topliss-reactive ketones (excluding diaryl/α,β-unsaturated/α-hetero) is 2. The monoisotopic (exact) mass is 998 g/mol. The normalized spacial score (nSPS) is 12.4. The summed E-state index contributed by atoms with van der Waals surface area (Å²) in [6.07, 6.45) is 0.296. The molecule has 0 heterocycles. The fourth-order valence-electron chi connectivity index (χ4n) is 8.23. The van der Waals surface area contributed by atoms with E-state index in [1.165, 1.54) is 48.5 Å². The van der Waals surface area contributed by atoms with Crippen molar-refractivity contribution in [2.45, 2.75) is 58.2 Å². The molecule has 0 aliphatic rings. The summed E-state index contributed by atoms with van der Waals surface area (Å²) in [5.41, 5.74) is 3.58. The summed E-state index contributed by atoms with van der Waals surface area (Å²) in [6, 6.07) is 42.6. The molecule has 5 rings (SSSR count). The van der Waals surface area contributed by atoms with E-state index in [1.807, 2.05) is 54.6 Å². The van der Waals surface area contributed by atoms with Gasteiger partial charge >= 0.3 is 19.3 Å². The standard InChI is InChI=1S/C54H67BO13S2/c1-41(2)65-52(62)45-25-21-43(22-26-45)50(60)39-69(35-30-56,36-31-57)67-55(68-70(37-32-58,38-33-59)40-51(61)44-23-27-46(28-24-44)53(63)66-42(3)4)64-34-14-29-54(47-15-8-5-9-16-47,48-17-10-6-11-18-48)49-19-12-7-13-20-49/h5-13,15-28,41-42,56-59H,14,29-40H2,1-4H3. The topological polar surface area (TPSA) is 195 Å². The lowest BCUT2D eigenvalue weighted by molar-refractivity contribution is 0.0367. The number of ether oxygens (including phenoxy) is 2. The van der Waals surface area contributed by atoms with Crippen LogP contribution in [0.3, 0.4) is 0 Å². The Morgan fingerprint density at radius 2 is 0.800 bits per heavy atom. The smallest absolute Gasteiger partial charge is 0.459 e. The molecule has 0 atom stereocenters. The lowest BCUT2D eigenvalue weighted by atomic mass is 9.67. The molecule has 5 aromatic carbocycles. The Morgan fingerprint density at radius 3 is 1.10 bits per heavy atom. The number of hydrogen-bond acceptors (Lipinski definition) is 13. The second-order valence-corrected chi connectivity index (χ2v) is 23.8. The van der Waals surface area contributed by atoms with Gasteiger partial charge in [0.25, 0.3) is 0 Å². The third kappa shape index (κ3) is 15.4. The Bertz CT molecular complexity index is 2180. The minimum absolute atomic E-state index is 0.0320. The summed E-state index contributed by atoms with van der Waals surface area (Å²) in [4.78, 5) is 53.5. The van der Waals surface area contributed by atoms with Crippen LogP contribution in [0.4, 0.5) is 0 Å². The Morgan fingerprint density at radius 1 is 0.486 bits per heavy atom. The zero-order valence-corrected chi connectivity index (χ0v) is 42.1. The summed E-state index contributed by atoms with van der Waals surface area (Å²) in [5.74, 6) is -2.67. The molecule has 13 nitrogen and oxygen atoms in total. The van der Waals surface area contributed by atoms with Crippen molar-refractivity contribution in [3.05, 3.63) is 178 Å². The van der Waals surface area contributed by atoms with Gasteiger partial charge in [-0.15, -0.1) is 20.6 Å². The molecule has 70 heavy (non-hydrogen) atoms. The van der Waals surface area contributed by atoms with Gasteiger partial charge in [0.05, 0.1) is 61.3 Å². The van der Waals surface area contributed by atoms with Crippen LogP contribution in [0.25, 0.3) is 0 Å². The minimum atomic E-state index is -2.82. The van der Waals surface area contributed by atoms with E-state index >= 15 is 0 Å². The van der Waals surface area contributed by atoms with Crippen molar-refractivity contribution in [3.63, 3.8) is 0 Å². The lowest BCUT2D eigenvalue weighted by Crippen LogP contribution is -2.39. The van der Waals surface area contributed by atoms with E-state index in [0.717, 1.165) is 16.7 Å². The number of carbonyl (C=O) groups is 4. The number of rotatable bonds is 30. The van der Waals surface area contributed by atoms with Crippen LogP contribution in [0.1, 0.15) is 98.7 Å². The molecule has 0 radical (unpaired) electrons. The van der Waals surface area contributed by atoms with Crippen molar-refractivity contribution >= 4 is 51.4 Å². The van der Waals surface area contributed by atoms with Gasteiger partial charge in [0, 0.05) is 46.2 Å². The van der Waals surface area contributed by atoms with Gasteiger partial charge in [-0.05, 0) is 81.5 Å². The van der Waals surface area contributed by atoms with Crippen LogP contribution in [0, 0.1) is 0 Å². The third-order valence-corrected chi connectivity index (χ3v) is 17.9. The van der Waals surface area contributed by atoms with Crippen LogP contribution in [-0.4, -0.2) is 131 Å². The summed E-state index contributed by atoms with van der Waals surface area (Å²) >= 11 is 0. The summed E-state index contributed by atoms with van der Waals surface area (Å²) in [6.45, 7) is 5.28. The van der Waals surface area contributed by atoms with Crippen molar-refractivity contribution in [2.75, 3.05) is 67.6 Å². The van der Waals surface area contributed by atoms with Crippen molar-refractivity contribution in [1.29, 1.82) is 0 Å². The molecule has 0 saturated carbocycles. The Balaban J connectivity index is 1.52. The van der Waals surface area contributed by atoms with Gasteiger partial charge in [0.2, 0.25) is 0 Å². The Hall–Kier alpha value is -5.14. The number of ketones is 2. The fourth-order valence-corrected chi connectivity index (χ4v) is 13.3. The molecule has 0 aromatic heterocycles. The van der Waals surface area contributed by atoms with E-state index in [9.17, 15) is 39.6 Å². The number of esters is 2. The number of hydrogen-bond donors (Lipinski definition) is 4. The highest BCUT2D eigenvalue weighted by Gasteiger charge is 2.42. The van der Waals surface area contributed by atoms with Crippen molar-refractivity contribution in [3.8, 4) is 0 Å². The van der Waals surface area contributed by atoms with Gasteiger partial charge in [-0.25, -0.2) is 9.59 Å². The summed E-state index contributed by atoms with van der Waals surface area (Å²) in [5, 5.41) is 42.2. The average Bonchev–Trinajstić information content (AvgIpc) is 3.35. The Kier molecular flexibility index (Phi) is 21.9. The van der Waals surface area contributed by atoms with Crippen molar-refractivity contribution < 1.29 is 61.9 Å². The highest BCUT2D eigenvalue weighted by Crippen LogP contribution is 2.55. The van der Waals surface area contributed by atoms with E-state index in [0.29, 0.717) is 12.8 Å². The molecule has 0 spiro atoms. The Labute approximate surface area is 415 Å². The maximum atomic E-state index is 14.2. The molecule has 376 valence electrons. The highest BCUT2D eigenvalue weighted by atomic mass is 32.3. The van der Waals surface area contributed by atoms with Gasteiger partial charge < -0.3 is 42.8 Å². The zero-order chi connectivity index (χ0) is 50.6. The lowest BCUT2D eigenvalue weighted by Gasteiger charge is -2.44. The predicted octanol–water partition coefficient (Wildman–Crippen LogP) is 8.14. The van der Waals surface area contributed by atoms with E-state index in [-0.39, 0.29) is 75.6 Å². The molecule has 0 fully saturated rings. The molecular weight excluding hydrogens is 932 g/mol. The highest BCUT2D eigenvalue weighted by molar-refractivity contribution is 8.32. The van der Waals surface area contributed by atoms with Gasteiger partial charge in [-0.1, -0.05) is 115 Å². The molecule has 0 bridgehead atoms. The van der Waals surface area contributed by atoms with E-state index in [4.69, 9.17) is 22.3 Å². The molecule has 5 aromatic rings. The molecule has 0 saturated heterocycles. The maximum absolute atomic E-state index is 14.2. The van der Waals surface area contributed by atoms with Crippen molar-refractivity contribution in [1.82, 2.24) is 0 Å². The molecule has 0 amide bonds. The second kappa shape index (κ2) is 27.5. The summed E-state index contributed by atoms with van der Waals surface area (Å²) < 4.78 is 30.9. The largest absolute Gasteiger partial charge is 0.660 e. The first kappa shape index (κ1) is 55.8. The van der Waals surface area contributed by atoms with Crippen LogP contribution in [0.15, 0.2) is 140 Å². The first-order valence-corrected chi connectivity index (χ1v) is 27.6. The van der Waals surface area contributed by atoms with Crippen LogP contribution in [0.5, 0.6) is 0 Å². The molecular formula is C54H67BO13S2. The van der Waals surface area contributed by atoms with Crippen molar-refractivity contribution in [2.24, 2.45) is 0 Å². The van der Waals surface area contributed by atoms with Gasteiger partial charge in [-0.2, -0.15) is 0 Å². The van der Waals surface area contributed by atoms with Gasteiger partial charge in [-0.3, -0.25) is 9.59 Å². The zero-order valence-electron chi connectivity index (χ0n) is 40.5. The predicted molar refractivity (Wildman–Crippen MR) is 278 cm³/mol. The SMILES string of the molecule is CC(C)OC(=O)c1ccc(C(=O)CS(CCO)(CCO)OB(OCCCC(c2ccccc2)(c2ccccc2)c2ccccc2)OS(CCO)(CCO)CC(=O)c2ccc(C(=O)OC(C)C)cc2)cc1. The quantitative estimate of drug-likeness (QED) is 0.0113. The van der Waals surface area contributed by atoms with Crippen LogP contribution in [-0.2, 0) is 27.7 Å². The maximum Gasteiger partial charge on any atom is 0.660 e. The van der Waals surface area contributed by atoms with Crippen LogP contribution < -0.4 is 0 Å². The van der Waals surface area contributed by atoms with Crippen LogP contribution >= 0.6 is 20.6 Å². The average molecular weight is 999 g/mol. The number of aliphatic hydroxyl groups is 4. The molecule has 0 aliphatic heterocycles. The van der Waals surface area contributed by atoms with Gasteiger partial charge in [0.1, 0.15) is 0 Å². The second-order valence-electron chi connectivity index (χ2n) is 17.3. The van der Waals surface area contributed by atoms with E-state index < -0.39 is 83.3 Å². The number of aliphatic hydroxyl groups excluding tert-OH is 4. The first-order chi connectivity index (χ1) is 33.7. The molecule has 0 aliphatic carbocycles. The van der Waals surface area contributed by atoms with E-state index in [2.05, 4.69) is 36.4 Å². The van der Waals surface area contributed by atoms with Gasteiger partial charge in [0.15, 0.2) is 11.6 Å². The molecule has 4 N–H and O–H groups in total. The first-order valence-electron chi connectivity index (χ1n) is 23.5. The molecule has 16 heteroatoms. The van der Waals surface area contributed by atoms with Crippen LogP contribution in [0.2, 0.25) is 0 Å². The number of carbonyl (C=O) groups excluding carboxylic acids is 4. The summed E-state index contributed by atoms with van der Waals surface area (Å²) in [7, 11) is -7.24. The fraction of sp³-hybridized carbons (Fsp3) is 0.370.